The van der Waals surface area contributed by atoms with E-state index in [1.54, 1.807) is 17.3 Å². The van der Waals surface area contributed by atoms with E-state index < -0.39 is 0 Å². The lowest BCUT2D eigenvalue weighted by Gasteiger charge is -2.21. The summed E-state index contributed by atoms with van der Waals surface area (Å²) in [5.74, 6) is 1.56. The summed E-state index contributed by atoms with van der Waals surface area (Å²) in [5, 5.41) is 16.2. The minimum Gasteiger partial charge on any atom is -0.357 e. The van der Waals surface area contributed by atoms with Crippen molar-refractivity contribution in [3.8, 4) is 17.5 Å². The Labute approximate surface area is 226 Å². The molecule has 38 heavy (non-hydrogen) atoms. The molecule has 194 valence electrons. The van der Waals surface area contributed by atoms with Gasteiger partial charge in [0.05, 0.1) is 41.1 Å². The Kier molecular flexibility index (Phi) is 6.91. The molecule has 0 atom stereocenters. The molecule has 0 radical (unpaired) electrons. The summed E-state index contributed by atoms with van der Waals surface area (Å²) in [4.78, 5) is 25.4. The number of hydrogen-bond donors (Lipinski definition) is 0. The van der Waals surface area contributed by atoms with E-state index in [9.17, 15) is 10.1 Å². The number of carbonyl (C=O) groups excluding carboxylic acids is 1. The number of benzene rings is 1. The van der Waals surface area contributed by atoms with Crippen molar-refractivity contribution in [2.24, 2.45) is 18.0 Å². The van der Waals surface area contributed by atoms with Crippen LogP contribution < -0.4 is 4.90 Å². The first-order chi connectivity index (χ1) is 18.3. The number of halogens is 1. The Bertz CT molecular complexity index is 1590. The van der Waals surface area contributed by atoms with Crippen LogP contribution in [-0.2, 0) is 18.4 Å². The summed E-state index contributed by atoms with van der Waals surface area (Å²) in [6.45, 7) is 6.47. The molecule has 1 aliphatic rings. The maximum Gasteiger partial charge on any atom is 0.215 e. The lowest BCUT2D eigenvalue weighted by molar-refractivity contribution is -0.107. The molecular weight excluding hydrogens is 500 g/mol. The second-order valence-electron chi connectivity index (χ2n) is 9.95. The number of amidine groups is 1. The molecule has 0 N–H and O–H groups in total. The third-order valence-electron chi connectivity index (χ3n) is 6.67. The third-order valence-corrected chi connectivity index (χ3v) is 6.90. The van der Waals surface area contributed by atoms with Crippen LogP contribution in [0.4, 0.5) is 5.82 Å². The van der Waals surface area contributed by atoms with Gasteiger partial charge < -0.3 is 9.47 Å². The van der Waals surface area contributed by atoms with Gasteiger partial charge in [-0.15, -0.1) is 0 Å². The molecule has 5 rings (SSSR count). The molecule has 0 aliphatic carbocycles. The highest BCUT2D eigenvalue weighted by molar-refractivity contribution is 6.31. The standard InChI is InChI=1S/C28H29ClN8O/c1-18(2)14-36(17-38)28-25(27-32-9-10-34(27)3)26(24-11-19(13-30)15-35(24)4)37(33-28)16-20-7-8-31-23-6-5-21(29)12-22(20)23/h5-8,11-12,15,17-18H,9-10,14,16H2,1-4H3. The number of carbonyl (C=O) groups is 1. The Morgan fingerprint density at radius 1 is 1.24 bits per heavy atom. The molecule has 1 aromatic carbocycles. The summed E-state index contributed by atoms with van der Waals surface area (Å²) >= 11 is 6.35. The van der Waals surface area contributed by atoms with E-state index in [0.717, 1.165) is 52.2 Å². The molecule has 0 saturated carbocycles. The van der Waals surface area contributed by atoms with Gasteiger partial charge in [0.25, 0.3) is 0 Å². The number of aromatic nitrogens is 4. The number of amides is 1. The molecule has 1 aliphatic heterocycles. The molecule has 9 nitrogen and oxygen atoms in total. The second kappa shape index (κ2) is 10.3. The average molecular weight is 529 g/mol. The number of hydrogen-bond acceptors (Lipinski definition) is 6. The van der Waals surface area contributed by atoms with Crippen LogP contribution in [0.15, 0.2) is 47.7 Å². The van der Waals surface area contributed by atoms with Crippen LogP contribution in [0.1, 0.15) is 30.5 Å². The molecule has 4 heterocycles. The number of likely N-dealkylation sites (N-methyl/N-ethyl adjacent to an activating group) is 1. The van der Waals surface area contributed by atoms with Gasteiger partial charge in [-0.2, -0.15) is 10.4 Å². The van der Waals surface area contributed by atoms with Crippen molar-refractivity contribution in [1.29, 1.82) is 5.26 Å². The zero-order valence-corrected chi connectivity index (χ0v) is 22.6. The first-order valence-electron chi connectivity index (χ1n) is 12.5. The largest absolute Gasteiger partial charge is 0.357 e. The molecule has 10 heteroatoms. The maximum absolute atomic E-state index is 12.4. The Morgan fingerprint density at radius 3 is 2.71 bits per heavy atom. The van der Waals surface area contributed by atoms with Gasteiger partial charge >= 0.3 is 0 Å². The molecule has 0 unspecified atom stereocenters. The van der Waals surface area contributed by atoms with E-state index in [1.165, 1.54) is 0 Å². The molecular formula is C28H29ClN8O. The van der Waals surface area contributed by atoms with E-state index in [2.05, 4.69) is 29.8 Å². The smallest absolute Gasteiger partial charge is 0.215 e. The lowest BCUT2D eigenvalue weighted by atomic mass is 10.1. The van der Waals surface area contributed by atoms with E-state index in [0.29, 0.717) is 36.0 Å². The van der Waals surface area contributed by atoms with Gasteiger partial charge in [-0.25, -0.2) is 0 Å². The van der Waals surface area contributed by atoms with Crippen molar-refractivity contribution in [2.45, 2.75) is 20.4 Å². The fourth-order valence-electron chi connectivity index (χ4n) is 4.94. The highest BCUT2D eigenvalue weighted by Gasteiger charge is 2.32. The molecule has 4 aromatic rings. The van der Waals surface area contributed by atoms with Crippen LogP contribution in [0.2, 0.25) is 5.02 Å². The summed E-state index contributed by atoms with van der Waals surface area (Å²) in [6, 6.07) is 11.7. The molecule has 1 amide bonds. The van der Waals surface area contributed by atoms with Crippen molar-refractivity contribution in [1.82, 2.24) is 24.2 Å². The minimum absolute atomic E-state index is 0.233. The highest BCUT2D eigenvalue weighted by Crippen LogP contribution is 2.35. The van der Waals surface area contributed by atoms with Gasteiger partial charge in [0.15, 0.2) is 5.82 Å². The minimum atomic E-state index is 0.233. The number of nitrogens with zero attached hydrogens (tertiary/aromatic N) is 8. The predicted molar refractivity (Wildman–Crippen MR) is 149 cm³/mol. The van der Waals surface area contributed by atoms with Gasteiger partial charge in [-0.05, 0) is 41.8 Å². The van der Waals surface area contributed by atoms with Crippen LogP contribution in [0.5, 0.6) is 0 Å². The zero-order valence-electron chi connectivity index (χ0n) is 21.9. The van der Waals surface area contributed by atoms with Gasteiger partial charge in [0.1, 0.15) is 11.9 Å². The highest BCUT2D eigenvalue weighted by atomic mass is 35.5. The van der Waals surface area contributed by atoms with Gasteiger partial charge in [0, 0.05) is 50.0 Å². The molecule has 0 saturated heterocycles. The first-order valence-corrected chi connectivity index (χ1v) is 12.9. The Hall–Kier alpha value is -4.16. The Balaban J connectivity index is 1.80. The van der Waals surface area contributed by atoms with Crippen LogP contribution in [0, 0.1) is 17.2 Å². The molecule has 0 bridgehead atoms. The number of fused-ring (bicyclic) bond motifs is 1. The van der Waals surface area contributed by atoms with Gasteiger partial charge in [-0.3, -0.25) is 24.4 Å². The fraction of sp³-hybridized carbons (Fsp3) is 0.321. The molecule has 3 aromatic heterocycles. The van der Waals surface area contributed by atoms with E-state index >= 15 is 0 Å². The van der Waals surface area contributed by atoms with Crippen molar-refractivity contribution in [3.63, 3.8) is 0 Å². The quantitative estimate of drug-likeness (QED) is 0.317. The third kappa shape index (κ3) is 4.63. The summed E-state index contributed by atoms with van der Waals surface area (Å²) < 4.78 is 3.83. The Morgan fingerprint density at radius 2 is 2.05 bits per heavy atom. The van der Waals surface area contributed by atoms with Crippen LogP contribution >= 0.6 is 11.6 Å². The summed E-state index contributed by atoms with van der Waals surface area (Å²) in [6.07, 6.45) is 4.41. The monoisotopic (exact) mass is 528 g/mol. The van der Waals surface area contributed by atoms with Crippen molar-refractivity contribution in [3.05, 3.63) is 64.4 Å². The number of anilines is 1. The van der Waals surface area contributed by atoms with Crippen molar-refractivity contribution < 1.29 is 4.79 Å². The number of nitriles is 1. The average Bonchev–Trinajstić information content (AvgIpc) is 3.58. The molecule has 0 fully saturated rings. The SMILES string of the molecule is CC(C)CN(C=O)c1nn(Cc2ccnc3ccc(Cl)cc23)c(-c2cc(C#N)cn2C)c1C1=NCCN1C. The van der Waals surface area contributed by atoms with Crippen LogP contribution in [0.25, 0.3) is 22.3 Å². The number of aliphatic imine (C=N–C) groups is 1. The van der Waals surface area contributed by atoms with E-state index in [4.69, 9.17) is 21.7 Å². The summed E-state index contributed by atoms with van der Waals surface area (Å²) in [7, 11) is 3.90. The van der Waals surface area contributed by atoms with Crippen molar-refractivity contribution in [2.75, 3.05) is 31.6 Å². The van der Waals surface area contributed by atoms with Gasteiger partial charge in [0.2, 0.25) is 6.41 Å². The number of aryl methyl sites for hydroxylation is 1. The van der Waals surface area contributed by atoms with Gasteiger partial charge in [-0.1, -0.05) is 25.4 Å². The topological polar surface area (TPSA) is 95.3 Å². The molecule has 0 spiro atoms. The first kappa shape index (κ1) is 25.5. The van der Waals surface area contributed by atoms with E-state index in [1.807, 2.05) is 53.7 Å². The predicted octanol–water partition coefficient (Wildman–Crippen LogP) is 4.32. The number of rotatable bonds is 8. The van der Waals surface area contributed by atoms with Crippen LogP contribution in [0.3, 0.4) is 0 Å². The fourth-order valence-corrected chi connectivity index (χ4v) is 5.11. The van der Waals surface area contributed by atoms with Crippen molar-refractivity contribution >= 4 is 40.6 Å². The zero-order chi connectivity index (χ0) is 27.0. The summed E-state index contributed by atoms with van der Waals surface area (Å²) in [5.41, 5.74) is 4.74. The normalized spacial score (nSPS) is 13.3. The van der Waals surface area contributed by atoms with E-state index in [-0.39, 0.29) is 5.92 Å². The number of pyridine rings is 1. The maximum atomic E-state index is 12.4. The lowest BCUT2D eigenvalue weighted by Crippen LogP contribution is -2.30. The second-order valence-corrected chi connectivity index (χ2v) is 10.4. The van der Waals surface area contributed by atoms with Crippen LogP contribution in [-0.4, -0.2) is 63.2 Å².